The molecule has 25 heavy (non-hydrogen) atoms. The Bertz CT molecular complexity index is 913. The van der Waals surface area contributed by atoms with E-state index in [0.717, 1.165) is 15.4 Å². The maximum Gasteiger partial charge on any atom is 0.258 e. The monoisotopic (exact) mass is 417 g/mol. The molecule has 128 valence electrons. The molecular formula is C20H17BrClNO2. The minimum atomic E-state index is -0.178. The maximum atomic E-state index is 12.2. The first-order chi connectivity index (χ1) is 12.0. The van der Waals surface area contributed by atoms with E-state index in [4.69, 9.17) is 16.3 Å². The van der Waals surface area contributed by atoms with Crippen molar-refractivity contribution in [2.75, 3.05) is 6.61 Å². The molecule has 0 aliphatic rings. The molecule has 1 amide bonds. The summed E-state index contributed by atoms with van der Waals surface area (Å²) in [6.45, 7) is 1.90. The second kappa shape index (κ2) is 7.89. The molecule has 0 spiro atoms. The van der Waals surface area contributed by atoms with Gasteiger partial charge in [0.15, 0.2) is 6.61 Å². The number of hydrogen-bond donors (Lipinski definition) is 1. The summed E-state index contributed by atoms with van der Waals surface area (Å²) in [5.41, 5.74) is 1.06. The summed E-state index contributed by atoms with van der Waals surface area (Å²) in [6, 6.07) is 19.4. The van der Waals surface area contributed by atoms with Gasteiger partial charge in [-0.3, -0.25) is 4.79 Å². The fourth-order valence-electron chi connectivity index (χ4n) is 2.58. The summed E-state index contributed by atoms with van der Waals surface area (Å²) in [6.07, 6.45) is 0. The molecule has 0 saturated heterocycles. The summed E-state index contributed by atoms with van der Waals surface area (Å²) in [5.74, 6) is 0.403. The maximum absolute atomic E-state index is 12.2. The Morgan fingerprint density at radius 1 is 1.12 bits per heavy atom. The number of fused-ring (bicyclic) bond motifs is 1. The Kier molecular flexibility index (Phi) is 5.61. The van der Waals surface area contributed by atoms with Crippen molar-refractivity contribution in [1.82, 2.24) is 5.32 Å². The van der Waals surface area contributed by atoms with Crippen molar-refractivity contribution in [3.05, 3.63) is 75.7 Å². The highest BCUT2D eigenvalue weighted by molar-refractivity contribution is 9.10. The minimum Gasteiger partial charge on any atom is -0.483 e. The summed E-state index contributed by atoms with van der Waals surface area (Å²) >= 11 is 9.26. The lowest BCUT2D eigenvalue weighted by molar-refractivity contribution is -0.123. The molecule has 0 heterocycles. The normalized spacial score (nSPS) is 12.0. The number of rotatable bonds is 5. The molecule has 0 bridgehead atoms. The van der Waals surface area contributed by atoms with Crippen molar-refractivity contribution in [2.45, 2.75) is 13.0 Å². The number of benzene rings is 3. The van der Waals surface area contributed by atoms with Crippen LogP contribution >= 0.6 is 27.5 Å². The molecule has 0 saturated carbocycles. The van der Waals surface area contributed by atoms with Crippen LogP contribution in [0.1, 0.15) is 18.5 Å². The fourth-order valence-corrected chi connectivity index (χ4v) is 3.38. The number of nitrogens with one attached hydrogen (secondary N) is 1. The van der Waals surface area contributed by atoms with Crippen molar-refractivity contribution in [3.63, 3.8) is 0 Å². The van der Waals surface area contributed by atoms with Gasteiger partial charge in [0.2, 0.25) is 0 Å². The molecule has 1 N–H and O–H groups in total. The highest BCUT2D eigenvalue weighted by atomic mass is 79.9. The zero-order valence-electron chi connectivity index (χ0n) is 13.6. The topological polar surface area (TPSA) is 38.3 Å². The molecule has 0 unspecified atom stereocenters. The van der Waals surface area contributed by atoms with Crippen molar-refractivity contribution < 1.29 is 9.53 Å². The Labute approximate surface area is 160 Å². The Morgan fingerprint density at radius 3 is 2.64 bits per heavy atom. The van der Waals surface area contributed by atoms with Crippen molar-refractivity contribution in [2.24, 2.45) is 0 Å². The summed E-state index contributed by atoms with van der Waals surface area (Å²) in [4.78, 5) is 12.2. The van der Waals surface area contributed by atoms with Gasteiger partial charge in [0.25, 0.3) is 5.91 Å². The van der Waals surface area contributed by atoms with E-state index in [-0.39, 0.29) is 18.6 Å². The molecule has 0 aliphatic heterocycles. The van der Waals surface area contributed by atoms with Gasteiger partial charge >= 0.3 is 0 Å². The van der Waals surface area contributed by atoms with Gasteiger partial charge in [0.05, 0.1) is 10.5 Å². The van der Waals surface area contributed by atoms with Gasteiger partial charge in [-0.25, -0.2) is 0 Å². The number of hydrogen-bond acceptors (Lipinski definition) is 2. The van der Waals surface area contributed by atoms with E-state index in [1.54, 1.807) is 18.2 Å². The molecule has 0 aliphatic carbocycles. The molecule has 0 radical (unpaired) electrons. The Morgan fingerprint density at radius 2 is 1.88 bits per heavy atom. The lowest BCUT2D eigenvalue weighted by Crippen LogP contribution is -2.31. The number of halogens is 2. The summed E-state index contributed by atoms with van der Waals surface area (Å²) in [7, 11) is 0. The first kappa shape index (κ1) is 17.8. The van der Waals surface area contributed by atoms with Gasteiger partial charge in [-0.15, -0.1) is 0 Å². The molecule has 1 atom stereocenters. The zero-order valence-corrected chi connectivity index (χ0v) is 16.0. The van der Waals surface area contributed by atoms with E-state index in [2.05, 4.69) is 45.5 Å². The summed E-state index contributed by atoms with van der Waals surface area (Å²) < 4.78 is 6.26. The van der Waals surface area contributed by atoms with Gasteiger partial charge in [0, 0.05) is 5.02 Å². The van der Waals surface area contributed by atoms with Gasteiger partial charge in [-0.2, -0.15) is 0 Å². The van der Waals surface area contributed by atoms with Crippen LogP contribution in [0.5, 0.6) is 5.75 Å². The van der Waals surface area contributed by atoms with E-state index >= 15 is 0 Å². The Balaban J connectivity index is 1.61. The highest BCUT2D eigenvalue weighted by Gasteiger charge is 2.11. The van der Waals surface area contributed by atoms with E-state index in [1.807, 2.05) is 25.1 Å². The molecule has 5 heteroatoms. The average Bonchev–Trinajstić information content (AvgIpc) is 2.60. The van der Waals surface area contributed by atoms with Crippen molar-refractivity contribution in [3.8, 4) is 5.75 Å². The minimum absolute atomic E-state index is 0.0574. The molecule has 0 aromatic heterocycles. The van der Waals surface area contributed by atoms with E-state index in [1.165, 1.54) is 5.39 Å². The van der Waals surface area contributed by atoms with Crippen LogP contribution in [0.25, 0.3) is 10.8 Å². The van der Waals surface area contributed by atoms with Crippen molar-refractivity contribution >= 4 is 44.2 Å². The molecule has 3 nitrogen and oxygen atoms in total. The van der Waals surface area contributed by atoms with Crippen LogP contribution in [0.15, 0.2) is 65.1 Å². The average molecular weight is 419 g/mol. The second-order valence-electron chi connectivity index (χ2n) is 5.76. The molecule has 3 rings (SSSR count). The predicted octanol–water partition coefficient (Wildman–Crippen LogP) is 5.51. The standard InChI is InChI=1S/C20H17BrClNO2/c1-13(15-7-6-14-4-2-3-5-16(14)10-15)23-20(24)12-25-19-9-8-17(22)11-18(19)21/h2-11,13H,12H2,1H3,(H,23,24)/t13-/m1/s1. The summed E-state index contributed by atoms with van der Waals surface area (Å²) in [5, 5.41) is 5.90. The van der Waals surface area contributed by atoms with Crippen LogP contribution in [0, 0.1) is 0 Å². The molecule has 3 aromatic carbocycles. The zero-order chi connectivity index (χ0) is 17.8. The van der Waals surface area contributed by atoms with E-state index < -0.39 is 0 Å². The van der Waals surface area contributed by atoms with Crippen LogP contribution in [0.4, 0.5) is 0 Å². The number of carbonyl (C=O) groups excluding carboxylic acids is 1. The van der Waals surface area contributed by atoms with Crippen LogP contribution in [0.2, 0.25) is 5.02 Å². The van der Waals surface area contributed by atoms with Crippen molar-refractivity contribution in [1.29, 1.82) is 0 Å². The van der Waals surface area contributed by atoms with Gasteiger partial charge in [-0.1, -0.05) is 48.0 Å². The first-order valence-corrected chi connectivity index (χ1v) is 9.06. The van der Waals surface area contributed by atoms with Crippen LogP contribution < -0.4 is 10.1 Å². The lowest BCUT2D eigenvalue weighted by atomic mass is 10.0. The number of amides is 1. The van der Waals surface area contributed by atoms with Gasteiger partial charge in [0.1, 0.15) is 5.75 Å². The first-order valence-electron chi connectivity index (χ1n) is 7.89. The molecule has 3 aromatic rings. The lowest BCUT2D eigenvalue weighted by Gasteiger charge is -2.16. The third-order valence-corrected chi connectivity index (χ3v) is 4.76. The third kappa shape index (κ3) is 4.53. The highest BCUT2D eigenvalue weighted by Crippen LogP contribution is 2.28. The largest absolute Gasteiger partial charge is 0.483 e. The van der Waals surface area contributed by atoms with E-state index in [0.29, 0.717) is 10.8 Å². The van der Waals surface area contributed by atoms with Crippen LogP contribution in [-0.2, 0) is 4.79 Å². The SMILES string of the molecule is C[C@@H](NC(=O)COc1ccc(Cl)cc1Br)c1ccc2ccccc2c1. The second-order valence-corrected chi connectivity index (χ2v) is 7.05. The molecule has 0 fully saturated rings. The molecular weight excluding hydrogens is 402 g/mol. The third-order valence-electron chi connectivity index (χ3n) is 3.90. The fraction of sp³-hybridized carbons (Fsp3) is 0.150. The van der Waals surface area contributed by atoms with Gasteiger partial charge in [-0.05, 0) is 63.5 Å². The predicted molar refractivity (Wildman–Crippen MR) is 105 cm³/mol. The Hall–Kier alpha value is -2.04. The smallest absolute Gasteiger partial charge is 0.258 e. The number of ether oxygens (including phenoxy) is 1. The van der Waals surface area contributed by atoms with Gasteiger partial charge < -0.3 is 10.1 Å². The number of carbonyl (C=O) groups is 1. The van der Waals surface area contributed by atoms with Crippen LogP contribution in [0.3, 0.4) is 0 Å². The quantitative estimate of drug-likeness (QED) is 0.593. The van der Waals surface area contributed by atoms with Crippen LogP contribution in [-0.4, -0.2) is 12.5 Å². The van der Waals surface area contributed by atoms with E-state index in [9.17, 15) is 4.79 Å².